The van der Waals surface area contributed by atoms with Gasteiger partial charge in [-0.2, -0.15) is 0 Å². The summed E-state index contributed by atoms with van der Waals surface area (Å²) in [5.41, 5.74) is 9.02. The number of hydrogen-bond donors (Lipinski definition) is 4. The van der Waals surface area contributed by atoms with Crippen molar-refractivity contribution in [3.8, 4) is 0 Å². The van der Waals surface area contributed by atoms with Crippen LogP contribution >= 0.6 is 23.2 Å². The Bertz CT molecular complexity index is 1570. The lowest BCUT2D eigenvalue weighted by Gasteiger charge is -2.18. The highest BCUT2D eigenvalue weighted by Crippen LogP contribution is 2.36. The molecule has 0 unspecified atom stereocenters. The van der Waals surface area contributed by atoms with E-state index < -0.39 is 22.1 Å². The van der Waals surface area contributed by atoms with Crippen LogP contribution in [0.2, 0.25) is 10.0 Å². The van der Waals surface area contributed by atoms with Crippen LogP contribution < -0.4 is 21.1 Å². The monoisotopic (exact) mass is 614 g/mol. The first-order chi connectivity index (χ1) is 19.2. The van der Waals surface area contributed by atoms with E-state index >= 15 is 0 Å². The van der Waals surface area contributed by atoms with Gasteiger partial charge in [0.15, 0.2) is 0 Å². The first kappa shape index (κ1) is 31.8. The Morgan fingerprint density at radius 1 is 1.00 bits per heavy atom. The molecule has 5 N–H and O–H groups in total. The highest BCUT2D eigenvalue weighted by atomic mass is 35.5. The van der Waals surface area contributed by atoms with E-state index in [1.54, 1.807) is 31.2 Å². The predicted octanol–water partition coefficient (Wildman–Crippen LogP) is 6.66. The van der Waals surface area contributed by atoms with Gasteiger partial charge in [-0.05, 0) is 88.2 Å². The molecular formula is C29H32Cl2N6O3S. The zero-order valence-electron chi connectivity index (χ0n) is 22.9. The minimum Gasteiger partial charge on any atom is -0.331 e. The van der Waals surface area contributed by atoms with Crippen molar-refractivity contribution in [1.82, 2.24) is 5.32 Å². The molecule has 0 aliphatic carbocycles. The van der Waals surface area contributed by atoms with E-state index in [1.165, 1.54) is 30.5 Å². The number of hydrogen-bond acceptors (Lipinski definition) is 6. The summed E-state index contributed by atoms with van der Waals surface area (Å²) < 4.78 is 28.3. The van der Waals surface area contributed by atoms with Crippen LogP contribution in [-0.2, 0) is 16.4 Å². The van der Waals surface area contributed by atoms with Gasteiger partial charge in [0.05, 0.1) is 32.9 Å². The van der Waals surface area contributed by atoms with Crippen LogP contribution in [0.3, 0.4) is 0 Å². The number of carbonyl (C=O) groups excluding carboxylic acids is 1. The minimum absolute atomic E-state index is 0.0413. The van der Waals surface area contributed by atoms with E-state index in [-0.39, 0.29) is 20.5 Å². The van der Waals surface area contributed by atoms with Gasteiger partial charge in [0, 0.05) is 22.5 Å². The molecule has 0 aliphatic heterocycles. The zero-order valence-corrected chi connectivity index (χ0v) is 25.2. The van der Waals surface area contributed by atoms with Crippen LogP contribution in [0.4, 0.5) is 16.2 Å². The van der Waals surface area contributed by atoms with Crippen molar-refractivity contribution in [2.24, 2.45) is 15.7 Å². The van der Waals surface area contributed by atoms with Gasteiger partial charge in [0.2, 0.25) is 0 Å². The number of nitrogens with one attached hydrogen (secondary N) is 3. The number of anilines is 2. The maximum absolute atomic E-state index is 12.9. The van der Waals surface area contributed by atoms with Crippen LogP contribution in [0.1, 0.15) is 43.5 Å². The number of urea groups is 1. The number of sulfonamides is 1. The summed E-state index contributed by atoms with van der Waals surface area (Å²) in [6.45, 7) is 12.5. The van der Waals surface area contributed by atoms with Crippen molar-refractivity contribution in [2.75, 3.05) is 10.0 Å². The molecule has 0 saturated heterocycles. The first-order valence-corrected chi connectivity index (χ1v) is 14.7. The van der Waals surface area contributed by atoms with Crippen molar-refractivity contribution in [3.05, 3.63) is 93.6 Å². The molecule has 0 fully saturated rings. The van der Waals surface area contributed by atoms with Crippen molar-refractivity contribution in [3.63, 3.8) is 0 Å². The Balaban J connectivity index is 1.64. The smallest absolute Gasteiger partial charge is 0.319 e. The molecule has 3 rings (SSSR count). The normalized spacial score (nSPS) is 12.8. The number of carbonyl (C=O) groups is 1. The van der Waals surface area contributed by atoms with Crippen LogP contribution in [0.15, 0.2) is 81.7 Å². The van der Waals surface area contributed by atoms with Gasteiger partial charge < -0.3 is 16.4 Å². The molecule has 3 aromatic carbocycles. The zero-order chi connectivity index (χ0) is 30.4. The number of nitrogens with zero attached hydrogens (tertiary/aromatic N) is 2. The summed E-state index contributed by atoms with van der Waals surface area (Å²) >= 11 is 12.9. The second-order valence-corrected chi connectivity index (χ2v) is 12.4. The molecule has 3 aromatic rings. The molecule has 0 bridgehead atoms. The fraction of sp³-hybridized carbons (Fsp3) is 0.207. The van der Waals surface area contributed by atoms with Gasteiger partial charge in [-0.15, -0.1) is 0 Å². The van der Waals surface area contributed by atoms with Crippen molar-refractivity contribution < 1.29 is 13.2 Å². The second-order valence-electron chi connectivity index (χ2n) is 10.00. The third kappa shape index (κ3) is 8.64. The molecule has 216 valence electrons. The number of benzene rings is 3. The van der Waals surface area contributed by atoms with Gasteiger partial charge in [0.1, 0.15) is 0 Å². The topological polar surface area (TPSA) is 138 Å². The van der Waals surface area contributed by atoms with E-state index in [0.29, 0.717) is 34.6 Å². The minimum atomic E-state index is -3.84. The van der Waals surface area contributed by atoms with E-state index in [1.807, 2.05) is 26.0 Å². The Morgan fingerprint density at radius 2 is 1.61 bits per heavy atom. The maximum Gasteiger partial charge on any atom is 0.319 e. The van der Waals surface area contributed by atoms with Crippen LogP contribution in [0, 0.1) is 0 Å². The quantitative estimate of drug-likeness (QED) is 0.179. The van der Waals surface area contributed by atoms with Crippen LogP contribution in [-0.4, -0.2) is 33.4 Å². The molecule has 0 aromatic heterocycles. The molecule has 1 atom stereocenters. The van der Waals surface area contributed by atoms with E-state index in [9.17, 15) is 13.2 Å². The summed E-state index contributed by atoms with van der Waals surface area (Å²) in [6.07, 6.45) is 2.07. The maximum atomic E-state index is 12.9. The molecule has 0 heterocycles. The van der Waals surface area contributed by atoms with Crippen molar-refractivity contribution >= 4 is 69.8 Å². The Hall–Kier alpha value is -3.70. The van der Waals surface area contributed by atoms with Crippen LogP contribution in [0.5, 0.6) is 0 Å². The average Bonchev–Trinajstić information content (AvgIpc) is 2.89. The largest absolute Gasteiger partial charge is 0.331 e. The molecule has 0 aliphatic rings. The first-order valence-electron chi connectivity index (χ1n) is 12.4. The van der Waals surface area contributed by atoms with Crippen LogP contribution in [0.25, 0.3) is 5.70 Å². The lowest BCUT2D eigenvalue weighted by atomic mass is 9.96. The second kappa shape index (κ2) is 13.3. The SMILES string of the molecule is C=N/C=C(\N=C)c1ccc([C@H](C)NC(=O)Nc2ccc(S(=O)(=O)Nc3ccc(CC(C)(C)N)cc3)cc2)c(Cl)c1Cl. The highest BCUT2D eigenvalue weighted by molar-refractivity contribution is 7.92. The fourth-order valence-electron chi connectivity index (χ4n) is 3.97. The lowest BCUT2D eigenvalue weighted by molar-refractivity contribution is 0.249. The van der Waals surface area contributed by atoms with Gasteiger partial charge in [-0.25, -0.2) is 13.2 Å². The molecule has 41 heavy (non-hydrogen) atoms. The number of rotatable bonds is 11. The van der Waals surface area contributed by atoms with Gasteiger partial charge >= 0.3 is 6.03 Å². The molecule has 0 saturated carbocycles. The summed E-state index contributed by atoms with van der Waals surface area (Å²) in [5.74, 6) is 0. The number of halogens is 2. The number of aliphatic imine (C=N–C) groups is 2. The van der Waals surface area contributed by atoms with Crippen molar-refractivity contribution in [2.45, 2.75) is 43.7 Å². The van der Waals surface area contributed by atoms with E-state index in [4.69, 9.17) is 28.9 Å². The summed E-state index contributed by atoms with van der Waals surface area (Å²) in [7, 11) is -3.84. The molecule has 0 spiro atoms. The Labute approximate surface area is 250 Å². The standard InChI is InChI=1S/C29H32Cl2N6O3S/c1-18(23-14-15-24(27(31)26(23)30)25(34-5)17-33-4)35-28(38)36-20-10-12-22(13-11-20)41(39,40)37-21-8-6-19(7-9-21)16-29(2,3)32/h6-15,17-18,37H,4-5,16,32H2,1-3H3,(H2,35,36,38)/b25-17-/t18-/m0/s1. The average molecular weight is 616 g/mol. The highest BCUT2D eigenvalue weighted by Gasteiger charge is 2.19. The third-order valence-corrected chi connectivity index (χ3v) is 8.17. The molecule has 2 amide bonds. The predicted molar refractivity (Wildman–Crippen MR) is 170 cm³/mol. The summed E-state index contributed by atoms with van der Waals surface area (Å²) in [6, 6.07) is 15.2. The summed E-state index contributed by atoms with van der Waals surface area (Å²) in [4.78, 5) is 20.3. The van der Waals surface area contributed by atoms with Gasteiger partial charge in [-0.1, -0.05) is 47.5 Å². The number of amides is 2. The van der Waals surface area contributed by atoms with Gasteiger partial charge in [-0.3, -0.25) is 14.7 Å². The van der Waals surface area contributed by atoms with E-state index in [2.05, 4.69) is 38.8 Å². The van der Waals surface area contributed by atoms with Crippen molar-refractivity contribution in [1.29, 1.82) is 0 Å². The van der Waals surface area contributed by atoms with Gasteiger partial charge in [0.25, 0.3) is 10.0 Å². The molecule has 9 nitrogen and oxygen atoms in total. The lowest BCUT2D eigenvalue weighted by Crippen LogP contribution is -2.34. The molecular weight excluding hydrogens is 583 g/mol. The molecule has 0 radical (unpaired) electrons. The van der Waals surface area contributed by atoms with E-state index in [0.717, 1.165) is 5.56 Å². The third-order valence-electron chi connectivity index (χ3n) is 5.87. The summed E-state index contributed by atoms with van der Waals surface area (Å²) in [5, 5.41) is 5.95. The Kier molecular flexibility index (Phi) is 10.3. The molecule has 12 heteroatoms. The Morgan fingerprint density at radius 3 is 2.17 bits per heavy atom. The fourth-order valence-corrected chi connectivity index (χ4v) is 5.62. The number of nitrogens with two attached hydrogens (primary N) is 1.